The molecule has 1 aromatic carbocycles. The molecule has 1 aromatic rings. The molecule has 0 radical (unpaired) electrons. The number of benzene rings is 1. The molecule has 4 heteroatoms. The number of hydrogen-bond donors (Lipinski definition) is 2. The SMILES string of the molecule is O=C1CSc2ccc(CCNC3CCCC3)cc2N1. The number of nitrogens with one attached hydrogen (secondary N) is 2. The standard InChI is InChI=1S/C15H20N2OS/c18-15-10-19-14-6-5-11(9-13(14)17-15)7-8-16-12-3-1-2-4-12/h5-6,9,12,16H,1-4,7-8,10H2,(H,17,18). The number of amides is 1. The van der Waals surface area contributed by atoms with Crippen molar-refractivity contribution in [2.45, 2.75) is 43.0 Å². The molecular formula is C15H20N2OS. The first kappa shape index (κ1) is 13.0. The van der Waals surface area contributed by atoms with Gasteiger partial charge in [-0.1, -0.05) is 18.9 Å². The molecule has 3 rings (SSSR count). The van der Waals surface area contributed by atoms with E-state index in [2.05, 4.69) is 28.8 Å². The summed E-state index contributed by atoms with van der Waals surface area (Å²) in [6.45, 7) is 1.03. The molecule has 1 saturated carbocycles. The van der Waals surface area contributed by atoms with Crippen LogP contribution in [0.5, 0.6) is 0 Å². The highest BCUT2D eigenvalue weighted by Gasteiger charge is 2.16. The Bertz CT molecular complexity index is 469. The Morgan fingerprint density at radius 1 is 1.32 bits per heavy atom. The monoisotopic (exact) mass is 276 g/mol. The number of fused-ring (bicyclic) bond motifs is 1. The Labute approximate surface area is 118 Å². The molecule has 1 heterocycles. The number of thioether (sulfide) groups is 1. The van der Waals surface area contributed by atoms with Gasteiger partial charge in [0.1, 0.15) is 0 Å². The Morgan fingerprint density at radius 2 is 2.16 bits per heavy atom. The molecule has 0 unspecified atom stereocenters. The van der Waals surface area contributed by atoms with Crippen LogP contribution >= 0.6 is 11.8 Å². The summed E-state index contributed by atoms with van der Waals surface area (Å²) in [5, 5.41) is 6.58. The largest absolute Gasteiger partial charge is 0.324 e. The quantitative estimate of drug-likeness (QED) is 0.888. The first-order valence-corrected chi connectivity index (χ1v) is 8.09. The molecule has 2 N–H and O–H groups in total. The molecular weight excluding hydrogens is 256 g/mol. The van der Waals surface area contributed by atoms with Gasteiger partial charge in [-0.05, 0) is 43.5 Å². The lowest BCUT2D eigenvalue weighted by molar-refractivity contribution is -0.113. The van der Waals surface area contributed by atoms with Gasteiger partial charge in [-0.25, -0.2) is 0 Å². The van der Waals surface area contributed by atoms with E-state index in [1.165, 1.54) is 36.1 Å². The Kier molecular flexibility index (Phi) is 4.09. The van der Waals surface area contributed by atoms with Crippen LogP contribution in [0.1, 0.15) is 31.2 Å². The van der Waals surface area contributed by atoms with Crippen LogP contribution in [0.15, 0.2) is 23.1 Å². The minimum absolute atomic E-state index is 0.110. The highest BCUT2D eigenvalue weighted by Crippen LogP contribution is 2.32. The third-order valence-electron chi connectivity index (χ3n) is 3.88. The topological polar surface area (TPSA) is 41.1 Å². The average molecular weight is 276 g/mol. The first-order chi connectivity index (χ1) is 9.31. The summed E-state index contributed by atoms with van der Waals surface area (Å²) in [7, 11) is 0. The maximum absolute atomic E-state index is 11.4. The molecule has 3 nitrogen and oxygen atoms in total. The fraction of sp³-hybridized carbons (Fsp3) is 0.533. The minimum atomic E-state index is 0.110. The zero-order chi connectivity index (χ0) is 13.1. The minimum Gasteiger partial charge on any atom is -0.324 e. The molecule has 1 fully saturated rings. The summed E-state index contributed by atoms with van der Waals surface area (Å²) in [6.07, 6.45) is 6.44. The van der Waals surface area contributed by atoms with E-state index in [4.69, 9.17) is 0 Å². The van der Waals surface area contributed by atoms with E-state index in [0.29, 0.717) is 5.75 Å². The highest BCUT2D eigenvalue weighted by molar-refractivity contribution is 8.00. The third-order valence-corrected chi connectivity index (χ3v) is 4.95. The number of carbonyl (C=O) groups is 1. The van der Waals surface area contributed by atoms with E-state index < -0.39 is 0 Å². The van der Waals surface area contributed by atoms with Crippen LogP contribution in [0, 0.1) is 0 Å². The lowest BCUT2D eigenvalue weighted by Gasteiger charge is -2.17. The highest BCUT2D eigenvalue weighted by atomic mass is 32.2. The van der Waals surface area contributed by atoms with Gasteiger partial charge in [0.15, 0.2) is 0 Å². The van der Waals surface area contributed by atoms with Crippen LogP contribution in [0.25, 0.3) is 0 Å². The van der Waals surface area contributed by atoms with Gasteiger partial charge in [-0.15, -0.1) is 11.8 Å². The molecule has 1 amide bonds. The smallest absolute Gasteiger partial charge is 0.234 e. The van der Waals surface area contributed by atoms with Gasteiger partial charge < -0.3 is 10.6 Å². The van der Waals surface area contributed by atoms with Gasteiger partial charge in [-0.2, -0.15) is 0 Å². The molecule has 0 saturated heterocycles. The lowest BCUT2D eigenvalue weighted by Crippen LogP contribution is -2.28. The second-order valence-corrected chi connectivity index (χ2v) is 6.37. The van der Waals surface area contributed by atoms with Crippen molar-refractivity contribution < 1.29 is 4.79 Å². The zero-order valence-electron chi connectivity index (χ0n) is 11.1. The van der Waals surface area contributed by atoms with Crippen LogP contribution in [-0.2, 0) is 11.2 Å². The lowest BCUT2D eigenvalue weighted by atomic mass is 10.1. The van der Waals surface area contributed by atoms with E-state index in [1.807, 2.05) is 0 Å². The van der Waals surface area contributed by atoms with E-state index in [9.17, 15) is 4.79 Å². The maximum atomic E-state index is 11.4. The number of hydrogen-bond acceptors (Lipinski definition) is 3. The second kappa shape index (κ2) is 5.97. The van der Waals surface area contributed by atoms with Crippen molar-refractivity contribution >= 4 is 23.4 Å². The van der Waals surface area contributed by atoms with Gasteiger partial charge >= 0.3 is 0 Å². The summed E-state index contributed by atoms with van der Waals surface area (Å²) >= 11 is 1.62. The number of rotatable bonds is 4. The fourth-order valence-electron chi connectivity index (χ4n) is 2.84. The summed E-state index contributed by atoms with van der Waals surface area (Å²) in [5.41, 5.74) is 2.28. The van der Waals surface area contributed by atoms with Gasteiger partial charge in [0, 0.05) is 10.9 Å². The van der Waals surface area contributed by atoms with E-state index in [0.717, 1.165) is 24.7 Å². The Hall–Kier alpha value is -1.00. The predicted octanol–water partition coefficient (Wildman–Crippen LogP) is 2.81. The predicted molar refractivity (Wildman–Crippen MR) is 79.8 cm³/mol. The van der Waals surface area contributed by atoms with Crippen molar-refractivity contribution in [3.05, 3.63) is 23.8 Å². The molecule has 1 aliphatic carbocycles. The van der Waals surface area contributed by atoms with Crippen LogP contribution in [0.4, 0.5) is 5.69 Å². The van der Waals surface area contributed by atoms with Crippen molar-refractivity contribution in [3.8, 4) is 0 Å². The van der Waals surface area contributed by atoms with E-state index in [1.54, 1.807) is 11.8 Å². The van der Waals surface area contributed by atoms with Crippen molar-refractivity contribution in [2.24, 2.45) is 0 Å². The molecule has 1 aliphatic heterocycles. The molecule has 0 atom stereocenters. The number of anilines is 1. The third kappa shape index (κ3) is 3.31. The van der Waals surface area contributed by atoms with Gasteiger partial charge in [-0.3, -0.25) is 4.79 Å². The molecule has 0 spiro atoms. The van der Waals surface area contributed by atoms with Crippen LogP contribution in [0.2, 0.25) is 0 Å². The van der Waals surface area contributed by atoms with Gasteiger partial charge in [0.2, 0.25) is 5.91 Å². The van der Waals surface area contributed by atoms with Gasteiger partial charge in [0.05, 0.1) is 11.4 Å². The van der Waals surface area contributed by atoms with Crippen molar-refractivity contribution in [1.82, 2.24) is 5.32 Å². The summed E-state index contributed by atoms with van der Waals surface area (Å²) in [4.78, 5) is 12.6. The molecule has 0 bridgehead atoms. The van der Waals surface area contributed by atoms with Crippen LogP contribution in [0.3, 0.4) is 0 Å². The first-order valence-electron chi connectivity index (χ1n) is 7.10. The zero-order valence-corrected chi connectivity index (χ0v) is 11.9. The van der Waals surface area contributed by atoms with E-state index >= 15 is 0 Å². The summed E-state index contributed by atoms with van der Waals surface area (Å²) in [5.74, 6) is 0.647. The summed E-state index contributed by atoms with van der Waals surface area (Å²) in [6, 6.07) is 7.16. The molecule has 102 valence electrons. The Morgan fingerprint density at radius 3 is 3.00 bits per heavy atom. The molecule has 2 aliphatic rings. The normalized spacial score (nSPS) is 19.3. The van der Waals surface area contributed by atoms with Crippen molar-refractivity contribution in [2.75, 3.05) is 17.6 Å². The fourth-order valence-corrected chi connectivity index (χ4v) is 3.62. The second-order valence-electron chi connectivity index (χ2n) is 5.35. The van der Waals surface area contributed by atoms with Crippen molar-refractivity contribution in [1.29, 1.82) is 0 Å². The number of carbonyl (C=O) groups excluding carboxylic acids is 1. The average Bonchev–Trinajstić information content (AvgIpc) is 2.91. The van der Waals surface area contributed by atoms with Crippen LogP contribution < -0.4 is 10.6 Å². The van der Waals surface area contributed by atoms with Gasteiger partial charge in [0.25, 0.3) is 0 Å². The van der Waals surface area contributed by atoms with Crippen LogP contribution in [-0.4, -0.2) is 24.2 Å². The maximum Gasteiger partial charge on any atom is 0.234 e. The van der Waals surface area contributed by atoms with E-state index in [-0.39, 0.29) is 5.91 Å². The summed E-state index contributed by atoms with van der Waals surface area (Å²) < 4.78 is 0. The van der Waals surface area contributed by atoms with Crippen molar-refractivity contribution in [3.63, 3.8) is 0 Å². The molecule has 0 aromatic heterocycles. The molecule has 19 heavy (non-hydrogen) atoms. The Balaban J connectivity index is 1.56.